The molecule has 0 saturated heterocycles. The van der Waals surface area contributed by atoms with Gasteiger partial charge in [-0.05, 0) is 31.6 Å². The van der Waals surface area contributed by atoms with Crippen LogP contribution < -0.4 is 33.2 Å². The molecule has 0 aromatic heterocycles. The Morgan fingerprint density at radius 3 is 1.91 bits per heavy atom. The first-order valence-corrected chi connectivity index (χ1v) is 11.7. The molecule has 0 rings (SSSR count). The van der Waals surface area contributed by atoms with Crippen molar-refractivity contribution >= 4 is 48.2 Å². The smallest absolute Gasteiger partial charge is 0.326 e. The molecule has 15 heteroatoms. The van der Waals surface area contributed by atoms with E-state index >= 15 is 0 Å². The van der Waals surface area contributed by atoms with Crippen LogP contribution in [0.4, 0.5) is 0 Å². The fourth-order valence-electron chi connectivity index (χ4n) is 2.91. The van der Waals surface area contributed by atoms with Crippen molar-refractivity contribution in [1.82, 2.24) is 16.0 Å². The van der Waals surface area contributed by atoms with E-state index in [-0.39, 0.29) is 49.9 Å². The van der Waals surface area contributed by atoms with Crippen LogP contribution in [0.2, 0.25) is 0 Å². The Bertz CT molecular complexity index is 775. The summed E-state index contributed by atoms with van der Waals surface area (Å²) < 4.78 is 0. The zero-order valence-corrected chi connectivity index (χ0v) is 20.8. The predicted octanol–water partition coefficient (Wildman–Crippen LogP) is -2.25. The number of carbonyl (C=O) groups excluding carboxylic acids is 3. The van der Waals surface area contributed by atoms with Crippen molar-refractivity contribution in [2.75, 3.05) is 12.3 Å². The normalized spacial score (nSPS) is 14.2. The first kappa shape index (κ1) is 31.9. The number of thiol groups is 1. The zero-order valence-electron chi connectivity index (χ0n) is 19.9. The Kier molecular flexibility index (Phi) is 15.1. The summed E-state index contributed by atoms with van der Waals surface area (Å²) in [6.07, 6.45) is -0.284. The number of carboxylic acids is 2. The third kappa shape index (κ3) is 14.0. The highest BCUT2D eigenvalue weighted by molar-refractivity contribution is 7.80. The van der Waals surface area contributed by atoms with Gasteiger partial charge in [-0.2, -0.15) is 12.6 Å². The average molecular weight is 520 g/mol. The van der Waals surface area contributed by atoms with E-state index in [2.05, 4.69) is 33.6 Å². The van der Waals surface area contributed by atoms with E-state index in [1.807, 2.05) is 13.8 Å². The second kappa shape index (κ2) is 16.5. The van der Waals surface area contributed by atoms with E-state index in [0.717, 1.165) is 0 Å². The third-order valence-corrected chi connectivity index (χ3v) is 5.11. The number of nitrogens with one attached hydrogen (secondary N) is 3. The standard InChI is InChI=1S/C20H37N7O7S/c1-10(2)8-14(27-16(30)11(21)9-35)18(32)25-12(4-3-7-24-20(22)23)17(31)26-13(19(33)34)5-6-15(28)29/h10-14,35H,3-9,21H2,1-2H3,(H,25,32)(H,26,31)(H,27,30)(H,28,29)(H,33,34)(H4,22,23,24). The molecule has 0 fully saturated rings. The van der Waals surface area contributed by atoms with Gasteiger partial charge in [0.25, 0.3) is 0 Å². The number of nitrogens with two attached hydrogens (primary N) is 3. The lowest BCUT2D eigenvalue weighted by molar-refractivity contribution is -0.143. The van der Waals surface area contributed by atoms with Gasteiger partial charge < -0.3 is 43.4 Å². The van der Waals surface area contributed by atoms with Crippen molar-refractivity contribution in [2.24, 2.45) is 28.1 Å². The molecule has 0 aliphatic carbocycles. The highest BCUT2D eigenvalue weighted by Crippen LogP contribution is 2.08. The first-order valence-electron chi connectivity index (χ1n) is 11.1. The lowest BCUT2D eigenvalue weighted by atomic mass is 10.0. The highest BCUT2D eigenvalue weighted by Gasteiger charge is 2.30. The Hall–Kier alpha value is -3.07. The molecule has 0 radical (unpaired) electrons. The molecule has 0 saturated carbocycles. The number of nitrogens with zero attached hydrogens (tertiary/aromatic N) is 1. The van der Waals surface area contributed by atoms with Crippen LogP contribution in [0.25, 0.3) is 0 Å². The highest BCUT2D eigenvalue weighted by atomic mass is 32.1. The fraction of sp³-hybridized carbons (Fsp3) is 0.700. The second-order valence-corrected chi connectivity index (χ2v) is 8.69. The summed E-state index contributed by atoms with van der Waals surface area (Å²) >= 11 is 3.97. The molecule has 0 heterocycles. The van der Waals surface area contributed by atoms with Gasteiger partial charge in [-0.25, -0.2) is 4.79 Å². The van der Waals surface area contributed by atoms with Crippen molar-refractivity contribution in [2.45, 2.75) is 70.1 Å². The Labute approximate surface area is 209 Å². The average Bonchev–Trinajstić information content (AvgIpc) is 2.76. The van der Waals surface area contributed by atoms with E-state index in [1.54, 1.807) is 0 Å². The number of amides is 3. The van der Waals surface area contributed by atoms with Crippen LogP contribution in [0, 0.1) is 5.92 Å². The Balaban J connectivity index is 5.61. The van der Waals surface area contributed by atoms with E-state index in [0.29, 0.717) is 0 Å². The van der Waals surface area contributed by atoms with Gasteiger partial charge >= 0.3 is 11.9 Å². The number of carboxylic acid groups (broad SMARTS) is 2. The molecule has 4 unspecified atom stereocenters. The molecule has 0 aromatic rings. The predicted molar refractivity (Wildman–Crippen MR) is 131 cm³/mol. The quantitative estimate of drug-likeness (QED) is 0.0431. The van der Waals surface area contributed by atoms with Crippen molar-refractivity contribution in [3.63, 3.8) is 0 Å². The van der Waals surface area contributed by atoms with Crippen molar-refractivity contribution in [3.8, 4) is 0 Å². The summed E-state index contributed by atoms with van der Waals surface area (Å²) in [5.74, 6) is -4.83. The van der Waals surface area contributed by atoms with Gasteiger partial charge in [0.15, 0.2) is 5.96 Å². The molecule has 14 nitrogen and oxygen atoms in total. The number of hydrogen-bond donors (Lipinski definition) is 9. The number of hydrogen-bond acceptors (Lipinski definition) is 8. The van der Waals surface area contributed by atoms with Gasteiger partial charge in [-0.3, -0.25) is 24.2 Å². The maximum absolute atomic E-state index is 13.0. The lowest BCUT2D eigenvalue weighted by Gasteiger charge is -2.26. The second-order valence-electron chi connectivity index (χ2n) is 8.32. The minimum Gasteiger partial charge on any atom is -0.481 e. The van der Waals surface area contributed by atoms with Crippen LogP contribution in [-0.4, -0.2) is 82.3 Å². The van der Waals surface area contributed by atoms with Crippen molar-refractivity contribution < 1.29 is 34.2 Å². The number of guanidine groups is 1. The summed E-state index contributed by atoms with van der Waals surface area (Å²) in [7, 11) is 0. The number of aliphatic imine (C=N–C) groups is 1. The maximum Gasteiger partial charge on any atom is 0.326 e. The van der Waals surface area contributed by atoms with Gasteiger partial charge in [0.2, 0.25) is 17.7 Å². The Morgan fingerprint density at radius 2 is 1.43 bits per heavy atom. The van der Waals surface area contributed by atoms with E-state index in [9.17, 15) is 29.1 Å². The largest absolute Gasteiger partial charge is 0.481 e. The molecule has 200 valence electrons. The van der Waals surface area contributed by atoms with Crippen LogP contribution in [0.3, 0.4) is 0 Å². The van der Waals surface area contributed by atoms with Crippen LogP contribution in [-0.2, 0) is 24.0 Å². The SMILES string of the molecule is CC(C)CC(NC(=O)C(N)CS)C(=O)NC(CCCN=C(N)N)C(=O)NC(CCC(=O)O)C(=O)O. The molecular formula is C20H37N7O7S. The molecule has 11 N–H and O–H groups in total. The van der Waals surface area contributed by atoms with E-state index in [4.69, 9.17) is 22.3 Å². The van der Waals surface area contributed by atoms with Crippen molar-refractivity contribution in [3.05, 3.63) is 0 Å². The fourth-order valence-corrected chi connectivity index (χ4v) is 3.07. The van der Waals surface area contributed by atoms with Crippen LogP contribution in [0.1, 0.15) is 46.0 Å². The maximum atomic E-state index is 13.0. The van der Waals surface area contributed by atoms with E-state index in [1.165, 1.54) is 0 Å². The molecular weight excluding hydrogens is 482 g/mol. The topological polar surface area (TPSA) is 252 Å². The molecule has 0 spiro atoms. The number of aliphatic carboxylic acids is 2. The molecule has 0 aliphatic heterocycles. The zero-order chi connectivity index (χ0) is 27.1. The molecule has 0 aromatic carbocycles. The van der Waals surface area contributed by atoms with Crippen LogP contribution in [0.15, 0.2) is 4.99 Å². The first-order chi connectivity index (χ1) is 16.3. The van der Waals surface area contributed by atoms with Crippen molar-refractivity contribution in [1.29, 1.82) is 0 Å². The number of rotatable bonds is 17. The lowest BCUT2D eigenvalue weighted by Crippen LogP contribution is -2.57. The van der Waals surface area contributed by atoms with Gasteiger partial charge in [0, 0.05) is 18.7 Å². The van der Waals surface area contributed by atoms with E-state index < -0.39 is 60.2 Å². The van der Waals surface area contributed by atoms with Gasteiger partial charge in [-0.1, -0.05) is 13.8 Å². The minimum atomic E-state index is -1.48. The molecule has 0 aliphatic rings. The molecule has 35 heavy (non-hydrogen) atoms. The monoisotopic (exact) mass is 519 g/mol. The van der Waals surface area contributed by atoms with Gasteiger partial charge in [0.05, 0.1) is 6.04 Å². The molecule has 3 amide bonds. The van der Waals surface area contributed by atoms with Gasteiger partial charge in [-0.15, -0.1) is 0 Å². The molecule has 4 atom stereocenters. The third-order valence-electron chi connectivity index (χ3n) is 4.71. The molecule has 0 bridgehead atoms. The van der Waals surface area contributed by atoms with Crippen LogP contribution >= 0.6 is 12.6 Å². The summed E-state index contributed by atoms with van der Waals surface area (Å²) in [5, 5.41) is 25.5. The van der Waals surface area contributed by atoms with Crippen LogP contribution in [0.5, 0.6) is 0 Å². The van der Waals surface area contributed by atoms with Gasteiger partial charge in [0.1, 0.15) is 18.1 Å². The number of carbonyl (C=O) groups is 5. The Morgan fingerprint density at radius 1 is 0.886 bits per heavy atom. The minimum absolute atomic E-state index is 0.000159. The summed E-state index contributed by atoms with van der Waals surface area (Å²) in [6, 6.07) is -4.63. The summed E-state index contributed by atoms with van der Waals surface area (Å²) in [4.78, 5) is 64.1. The summed E-state index contributed by atoms with van der Waals surface area (Å²) in [6.45, 7) is 3.82. The summed E-state index contributed by atoms with van der Waals surface area (Å²) in [5.41, 5.74) is 16.2.